The van der Waals surface area contributed by atoms with Crippen LogP contribution in [0.3, 0.4) is 0 Å². The Labute approximate surface area is 209 Å². The average Bonchev–Trinajstić information content (AvgIpc) is 3.28. The Morgan fingerprint density at radius 2 is 1.74 bits per heavy atom. The molecule has 186 valence electrons. The Hall–Kier alpha value is -3.53. The molecule has 1 aromatic heterocycles. The molecule has 9 nitrogen and oxygen atoms in total. The highest BCUT2D eigenvalue weighted by Crippen LogP contribution is 2.26. The van der Waals surface area contributed by atoms with Gasteiger partial charge in [-0.2, -0.15) is 0 Å². The van der Waals surface area contributed by atoms with Gasteiger partial charge in [0.1, 0.15) is 11.5 Å². The molecule has 0 spiro atoms. The van der Waals surface area contributed by atoms with E-state index in [0.29, 0.717) is 40.3 Å². The van der Waals surface area contributed by atoms with E-state index in [9.17, 15) is 9.59 Å². The van der Waals surface area contributed by atoms with Crippen LogP contribution in [0, 0.1) is 5.92 Å². The number of ether oxygens (including phenoxy) is 2. The third-order valence-electron chi connectivity index (χ3n) is 5.33. The van der Waals surface area contributed by atoms with Crippen molar-refractivity contribution in [1.29, 1.82) is 0 Å². The summed E-state index contributed by atoms with van der Waals surface area (Å²) in [6, 6.07) is 13.8. The fourth-order valence-electron chi connectivity index (χ4n) is 3.46. The number of aromatic nitrogens is 3. The van der Waals surface area contributed by atoms with Gasteiger partial charge >= 0.3 is 0 Å². The lowest BCUT2D eigenvalue weighted by molar-refractivity contribution is -0.113. The lowest BCUT2D eigenvalue weighted by atomic mass is 10.0. The monoisotopic (exact) mass is 497 g/mol. The first-order chi connectivity index (χ1) is 16.9. The zero-order valence-electron chi connectivity index (χ0n) is 20.6. The van der Waals surface area contributed by atoms with E-state index in [0.717, 1.165) is 0 Å². The minimum Gasteiger partial charge on any atom is -0.497 e. The van der Waals surface area contributed by atoms with Gasteiger partial charge in [-0.25, -0.2) is 0 Å². The molecule has 2 amide bonds. The molecule has 0 saturated carbocycles. The van der Waals surface area contributed by atoms with Crippen LogP contribution < -0.4 is 20.1 Å². The first-order valence-electron chi connectivity index (χ1n) is 11.3. The molecule has 0 aliphatic carbocycles. The zero-order chi connectivity index (χ0) is 25.4. The number of hydrogen-bond donors (Lipinski definition) is 2. The van der Waals surface area contributed by atoms with Crippen molar-refractivity contribution in [2.75, 3.05) is 25.3 Å². The van der Waals surface area contributed by atoms with E-state index >= 15 is 0 Å². The summed E-state index contributed by atoms with van der Waals surface area (Å²) in [5.74, 6) is 1.88. The molecule has 1 heterocycles. The van der Waals surface area contributed by atoms with Crippen LogP contribution >= 0.6 is 11.8 Å². The van der Waals surface area contributed by atoms with Crippen LogP contribution in [-0.2, 0) is 11.3 Å². The predicted octanol–water partition coefficient (Wildman–Crippen LogP) is 4.17. The van der Waals surface area contributed by atoms with Crippen LogP contribution in [0.25, 0.3) is 0 Å². The molecule has 1 atom stereocenters. The van der Waals surface area contributed by atoms with Crippen LogP contribution in [0.4, 0.5) is 5.69 Å². The van der Waals surface area contributed by atoms with Gasteiger partial charge in [0.15, 0.2) is 11.0 Å². The van der Waals surface area contributed by atoms with E-state index in [-0.39, 0.29) is 29.5 Å². The molecule has 1 unspecified atom stereocenters. The second-order valence-electron chi connectivity index (χ2n) is 8.08. The van der Waals surface area contributed by atoms with Gasteiger partial charge in [-0.1, -0.05) is 31.7 Å². The fourth-order valence-corrected chi connectivity index (χ4v) is 4.27. The van der Waals surface area contributed by atoms with Gasteiger partial charge in [-0.15, -0.1) is 10.2 Å². The summed E-state index contributed by atoms with van der Waals surface area (Å²) in [6.07, 6.45) is 0. The lowest BCUT2D eigenvalue weighted by Gasteiger charge is -2.22. The smallest absolute Gasteiger partial charge is 0.251 e. The third kappa shape index (κ3) is 6.75. The van der Waals surface area contributed by atoms with Gasteiger partial charge in [-0.3, -0.25) is 9.59 Å². The molecule has 0 aliphatic rings. The maximum absolute atomic E-state index is 12.9. The van der Waals surface area contributed by atoms with Crippen molar-refractivity contribution < 1.29 is 19.1 Å². The summed E-state index contributed by atoms with van der Waals surface area (Å²) in [6.45, 7) is 6.61. The van der Waals surface area contributed by atoms with E-state index in [2.05, 4.69) is 20.8 Å². The predicted molar refractivity (Wildman–Crippen MR) is 136 cm³/mol. The number of carbonyl (C=O) groups excluding carboxylic acids is 2. The van der Waals surface area contributed by atoms with Gasteiger partial charge < -0.3 is 24.7 Å². The lowest BCUT2D eigenvalue weighted by Crippen LogP contribution is -2.33. The van der Waals surface area contributed by atoms with Crippen LogP contribution in [0.2, 0.25) is 0 Å². The molecule has 35 heavy (non-hydrogen) atoms. The van der Waals surface area contributed by atoms with Gasteiger partial charge in [0.05, 0.1) is 26.0 Å². The van der Waals surface area contributed by atoms with Crippen molar-refractivity contribution >= 4 is 29.3 Å². The minimum atomic E-state index is -0.350. The third-order valence-corrected chi connectivity index (χ3v) is 6.30. The molecule has 0 saturated heterocycles. The largest absolute Gasteiger partial charge is 0.497 e. The fraction of sp³-hybridized carbons (Fsp3) is 0.360. The number of methoxy groups -OCH3 is 2. The Kier molecular flexibility index (Phi) is 9.13. The second kappa shape index (κ2) is 12.3. The van der Waals surface area contributed by atoms with Gasteiger partial charge in [-0.05, 0) is 49.2 Å². The van der Waals surface area contributed by atoms with Crippen molar-refractivity contribution in [3.63, 3.8) is 0 Å². The van der Waals surface area contributed by atoms with Crippen molar-refractivity contribution in [1.82, 2.24) is 20.1 Å². The molecule has 3 aromatic rings. The van der Waals surface area contributed by atoms with Crippen molar-refractivity contribution in [3.8, 4) is 11.5 Å². The Bertz CT molecular complexity index is 1150. The van der Waals surface area contributed by atoms with Gasteiger partial charge in [0, 0.05) is 23.9 Å². The van der Waals surface area contributed by atoms with E-state index in [1.165, 1.54) is 11.8 Å². The molecule has 0 radical (unpaired) electrons. The molecule has 2 N–H and O–H groups in total. The quantitative estimate of drug-likeness (QED) is 0.383. The topological polar surface area (TPSA) is 107 Å². The van der Waals surface area contributed by atoms with Crippen LogP contribution in [0.1, 0.15) is 43.0 Å². The van der Waals surface area contributed by atoms with Crippen LogP contribution in [-0.4, -0.2) is 46.6 Å². The van der Waals surface area contributed by atoms with Crippen molar-refractivity contribution in [2.24, 2.45) is 5.92 Å². The van der Waals surface area contributed by atoms with E-state index in [4.69, 9.17) is 9.47 Å². The van der Waals surface area contributed by atoms with E-state index in [1.54, 1.807) is 50.6 Å². The SMILES string of the molecule is CCn1c(SCC(=O)Nc2cccc(OC)c2)nnc1C(NC(=O)c1ccc(OC)cc1)C(C)C. The van der Waals surface area contributed by atoms with Gasteiger partial charge in [0.25, 0.3) is 5.91 Å². The first kappa shape index (κ1) is 26.1. The van der Waals surface area contributed by atoms with Gasteiger partial charge in [0.2, 0.25) is 5.91 Å². The van der Waals surface area contributed by atoms with E-state index < -0.39 is 0 Å². The molecule has 10 heteroatoms. The maximum Gasteiger partial charge on any atom is 0.251 e. The molecular formula is C25H31N5O4S. The Balaban J connectivity index is 1.69. The molecule has 2 aromatic carbocycles. The Morgan fingerprint density at radius 1 is 1.03 bits per heavy atom. The highest BCUT2D eigenvalue weighted by Gasteiger charge is 2.26. The first-order valence-corrected chi connectivity index (χ1v) is 12.3. The molecule has 3 rings (SSSR count). The standard InChI is InChI=1S/C25H31N5O4S/c1-6-30-23(22(16(2)3)27-24(32)17-10-12-19(33-4)13-11-17)28-29-25(30)35-15-21(31)26-18-8-7-9-20(14-18)34-5/h7-14,16,22H,6,15H2,1-5H3,(H,26,31)(H,27,32). The summed E-state index contributed by atoms with van der Waals surface area (Å²) < 4.78 is 12.3. The maximum atomic E-state index is 12.9. The summed E-state index contributed by atoms with van der Waals surface area (Å²) in [4.78, 5) is 25.4. The van der Waals surface area contributed by atoms with E-state index in [1.807, 2.05) is 37.5 Å². The number of hydrogen-bond acceptors (Lipinski definition) is 7. The number of nitrogens with one attached hydrogen (secondary N) is 2. The van der Waals surface area contributed by atoms with Crippen LogP contribution in [0.15, 0.2) is 53.7 Å². The number of nitrogens with zero attached hydrogens (tertiary/aromatic N) is 3. The molecule has 0 aliphatic heterocycles. The van der Waals surface area contributed by atoms with Crippen molar-refractivity contribution in [3.05, 3.63) is 59.9 Å². The molecule has 0 bridgehead atoms. The minimum absolute atomic E-state index is 0.0703. The van der Waals surface area contributed by atoms with Crippen molar-refractivity contribution in [2.45, 2.75) is 38.5 Å². The summed E-state index contributed by atoms with van der Waals surface area (Å²) in [5.41, 5.74) is 1.19. The Morgan fingerprint density at radius 3 is 2.37 bits per heavy atom. The number of carbonyl (C=O) groups is 2. The highest BCUT2D eigenvalue weighted by atomic mass is 32.2. The average molecular weight is 498 g/mol. The number of anilines is 1. The van der Waals surface area contributed by atoms with Crippen LogP contribution in [0.5, 0.6) is 11.5 Å². The zero-order valence-corrected chi connectivity index (χ0v) is 21.4. The molecular weight excluding hydrogens is 466 g/mol. The molecule has 0 fully saturated rings. The summed E-state index contributed by atoms with van der Waals surface area (Å²) >= 11 is 1.30. The second-order valence-corrected chi connectivity index (χ2v) is 9.02. The summed E-state index contributed by atoms with van der Waals surface area (Å²) in [5, 5.41) is 15.2. The number of rotatable bonds is 11. The summed E-state index contributed by atoms with van der Waals surface area (Å²) in [7, 11) is 3.16. The number of thioether (sulfide) groups is 1. The normalized spacial score (nSPS) is 11.7. The number of benzene rings is 2. The highest BCUT2D eigenvalue weighted by molar-refractivity contribution is 7.99. The number of amides is 2.